The van der Waals surface area contributed by atoms with Crippen LogP contribution < -0.4 is 0 Å². The topological polar surface area (TPSA) is 46.6 Å². The minimum Gasteiger partial charge on any atom is -0.444 e. The normalized spacial score (nSPS) is 14.1. The first-order chi connectivity index (χ1) is 11.8. The van der Waals surface area contributed by atoms with Gasteiger partial charge in [-0.1, -0.05) is 41.0 Å². The zero-order chi connectivity index (χ0) is 21.9. The smallest absolute Gasteiger partial charge is 0.411 e. The van der Waals surface area contributed by atoms with Crippen molar-refractivity contribution in [2.45, 2.75) is 125 Å². The van der Waals surface area contributed by atoms with Gasteiger partial charge in [0.2, 0.25) is 0 Å². The summed E-state index contributed by atoms with van der Waals surface area (Å²) in [5, 5.41) is 0. The maximum atomic E-state index is 13.3. The molecule has 0 aliphatic heterocycles. The number of hydrogen-bond acceptors (Lipinski definition) is 3. The first-order valence-electron chi connectivity index (χ1n) is 10.3. The molecular weight excluding hydrogens is 338 g/mol. The summed E-state index contributed by atoms with van der Waals surface area (Å²) in [6.45, 7) is 25.0. The second kappa shape index (κ2) is 8.53. The molecule has 4 heteroatoms. The molecule has 0 fully saturated rings. The Balaban J connectivity index is 6.04. The Morgan fingerprint density at radius 1 is 0.815 bits per heavy atom. The van der Waals surface area contributed by atoms with Gasteiger partial charge < -0.3 is 9.53 Å². The maximum Gasteiger partial charge on any atom is 0.411 e. The molecule has 0 aliphatic carbocycles. The van der Waals surface area contributed by atoms with Gasteiger partial charge in [-0.3, -0.25) is 4.90 Å². The van der Waals surface area contributed by atoms with Crippen molar-refractivity contribution in [3.63, 3.8) is 0 Å². The number of carbonyl (C=O) groups excluding carboxylic acids is 2. The lowest BCUT2D eigenvalue weighted by Crippen LogP contribution is -2.61. The minimum atomic E-state index is -0.555. The van der Waals surface area contributed by atoms with Gasteiger partial charge in [0.15, 0.2) is 0 Å². The van der Waals surface area contributed by atoms with Crippen molar-refractivity contribution in [1.29, 1.82) is 0 Å². The molecule has 0 aromatic heterocycles. The molecule has 0 radical (unpaired) electrons. The highest BCUT2D eigenvalue weighted by Gasteiger charge is 2.46. The van der Waals surface area contributed by atoms with Gasteiger partial charge in [-0.25, -0.2) is 4.79 Å². The molecule has 0 spiro atoms. The fourth-order valence-electron chi connectivity index (χ4n) is 4.54. The molecule has 0 rings (SSSR count). The molecule has 160 valence electrons. The van der Waals surface area contributed by atoms with E-state index in [1.54, 1.807) is 0 Å². The Morgan fingerprint density at radius 3 is 1.56 bits per heavy atom. The van der Waals surface area contributed by atoms with Gasteiger partial charge in [0.05, 0.1) is 0 Å². The zero-order valence-electron chi connectivity index (χ0n) is 20.1. The van der Waals surface area contributed by atoms with Gasteiger partial charge in [-0.2, -0.15) is 0 Å². The summed E-state index contributed by atoms with van der Waals surface area (Å²) < 4.78 is 5.81. The van der Waals surface area contributed by atoms with Gasteiger partial charge >= 0.3 is 6.09 Å². The SMILES string of the molecule is CCC(C)(C)CC(C)(C)N(C(=O)OC(C)(C)C)C(C)(C)CC(C)(C)CC=O. The Labute approximate surface area is 168 Å². The van der Waals surface area contributed by atoms with E-state index in [1.165, 1.54) is 0 Å². The lowest BCUT2D eigenvalue weighted by molar-refractivity contribution is -0.110. The van der Waals surface area contributed by atoms with Crippen LogP contribution in [0.3, 0.4) is 0 Å². The van der Waals surface area contributed by atoms with Crippen LogP contribution in [0.4, 0.5) is 4.79 Å². The molecule has 0 unspecified atom stereocenters. The third-order valence-electron chi connectivity index (χ3n) is 5.20. The first-order valence-corrected chi connectivity index (χ1v) is 10.3. The Morgan fingerprint density at radius 2 is 1.22 bits per heavy atom. The number of carbonyl (C=O) groups is 2. The average molecular weight is 384 g/mol. The van der Waals surface area contributed by atoms with E-state index in [9.17, 15) is 9.59 Å². The molecule has 0 saturated carbocycles. The molecule has 1 amide bonds. The molecule has 0 aromatic carbocycles. The van der Waals surface area contributed by atoms with Crippen molar-refractivity contribution in [2.75, 3.05) is 0 Å². The summed E-state index contributed by atoms with van der Waals surface area (Å²) in [6, 6.07) is 0. The van der Waals surface area contributed by atoms with E-state index in [4.69, 9.17) is 4.74 Å². The number of hydrogen-bond donors (Lipinski definition) is 0. The van der Waals surface area contributed by atoms with E-state index in [0.717, 1.165) is 19.1 Å². The summed E-state index contributed by atoms with van der Waals surface area (Å²) in [5.74, 6) is 0. The highest BCUT2D eigenvalue weighted by molar-refractivity contribution is 5.70. The number of rotatable bonds is 9. The van der Waals surface area contributed by atoms with Crippen molar-refractivity contribution >= 4 is 12.4 Å². The molecule has 0 saturated heterocycles. The molecular formula is C23H45NO3. The molecule has 0 aliphatic rings. The first kappa shape index (κ1) is 25.9. The van der Waals surface area contributed by atoms with Crippen LogP contribution in [0.5, 0.6) is 0 Å². The van der Waals surface area contributed by atoms with Gasteiger partial charge in [0.1, 0.15) is 11.9 Å². The van der Waals surface area contributed by atoms with Gasteiger partial charge in [-0.15, -0.1) is 0 Å². The lowest BCUT2D eigenvalue weighted by Gasteiger charge is -2.52. The molecule has 0 bridgehead atoms. The van der Waals surface area contributed by atoms with Crippen LogP contribution >= 0.6 is 0 Å². The van der Waals surface area contributed by atoms with Crippen LogP contribution in [-0.4, -0.2) is 34.0 Å². The van der Waals surface area contributed by atoms with E-state index in [1.807, 2.05) is 25.7 Å². The highest BCUT2D eigenvalue weighted by Crippen LogP contribution is 2.42. The zero-order valence-corrected chi connectivity index (χ0v) is 20.1. The Bertz CT molecular complexity index is 510. The maximum absolute atomic E-state index is 13.3. The van der Waals surface area contributed by atoms with Crippen molar-refractivity contribution in [1.82, 2.24) is 4.90 Å². The van der Waals surface area contributed by atoms with E-state index in [-0.39, 0.29) is 22.5 Å². The summed E-state index contributed by atoms with van der Waals surface area (Å²) in [7, 11) is 0. The average Bonchev–Trinajstić information content (AvgIpc) is 2.31. The molecule has 0 N–H and O–H groups in total. The van der Waals surface area contributed by atoms with Gasteiger partial charge in [-0.05, 0) is 72.1 Å². The predicted molar refractivity (Wildman–Crippen MR) is 114 cm³/mol. The quantitative estimate of drug-likeness (QED) is 0.421. The van der Waals surface area contributed by atoms with Crippen LogP contribution in [0.1, 0.15) is 109 Å². The molecule has 27 heavy (non-hydrogen) atoms. The minimum absolute atomic E-state index is 0.109. The largest absolute Gasteiger partial charge is 0.444 e. The second-order valence-electron chi connectivity index (χ2n) is 11.8. The number of amides is 1. The Kier molecular flexibility index (Phi) is 8.19. The Hall–Kier alpha value is -1.06. The third kappa shape index (κ3) is 8.66. The highest BCUT2D eigenvalue weighted by atomic mass is 16.6. The molecule has 0 heterocycles. The van der Waals surface area contributed by atoms with E-state index >= 15 is 0 Å². The summed E-state index contributed by atoms with van der Waals surface area (Å²) in [6.07, 6.45) is 3.78. The van der Waals surface area contributed by atoms with Crippen LogP contribution in [-0.2, 0) is 9.53 Å². The lowest BCUT2D eigenvalue weighted by atomic mass is 9.73. The number of nitrogens with zero attached hydrogens (tertiary/aromatic N) is 1. The van der Waals surface area contributed by atoms with E-state index in [0.29, 0.717) is 12.8 Å². The monoisotopic (exact) mass is 383 g/mol. The summed E-state index contributed by atoms with van der Waals surface area (Å²) in [4.78, 5) is 26.3. The van der Waals surface area contributed by atoms with Crippen molar-refractivity contribution < 1.29 is 14.3 Å². The van der Waals surface area contributed by atoms with Crippen molar-refractivity contribution in [3.05, 3.63) is 0 Å². The van der Waals surface area contributed by atoms with Crippen LogP contribution in [0, 0.1) is 10.8 Å². The van der Waals surface area contributed by atoms with E-state index in [2.05, 4.69) is 62.3 Å². The summed E-state index contributed by atoms with van der Waals surface area (Å²) >= 11 is 0. The second-order valence-corrected chi connectivity index (χ2v) is 11.8. The molecule has 0 aromatic rings. The standard InChI is InChI=1S/C23H45NO3/c1-13-20(5,6)16-22(9,10)24(18(26)27-19(2,3)4)23(11,12)17-21(7,8)14-15-25/h15H,13-14,16-17H2,1-12H3. The van der Waals surface area contributed by atoms with Crippen LogP contribution in [0.25, 0.3) is 0 Å². The molecule has 4 nitrogen and oxygen atoms in total. The number of aldehydes is 1. The van der Waals surface area contributed by atoms with E-state index < -0.39 is 11.1 Å². The van der Waals surface area contributed by atoms with Crippen LogP contribution in [0.2, 0.25) is 0 Å². The summed E-state index contributed by atoms with van der Waals surface area (Å²) in [5.41, 5.74) is -1.48. The molecule has 0 atom stereocenters. The van der Waals surface area contributed by atoms with Crippen LogP contribution in [0.15, 0.2) is 0 Å². The van der Waals surface area contributed by atoms with Crippen molar-refractivity contribution in [3.8, 4) is 0 Å². The predicted octanol–water partition coefficient (Wildman–Crippen LogP) is 6.61. The van der Waals surface area contributed by atoms with Gasteiger partial charge in [0, 0.05) is 17.5 Å². The number of ether oxygens (including phenoxy) is 1. The third-order valence-corrected chi connectivity index (χ3v) is 5.20. The fraction of sp³-hybridized carbons (Fsp3) is 0.913. The van der Waals surface area contributed by atoms with Gasteiger partial charge in [0.25, 0.3) is 0 Å². The van der Waals surface area contributed by atoms with Crippen molar-refractivity contribution in [2.24, 2.45) is 10.8 Å². The fourth-order valence-corrected chi connectivity index (χ4v) is 4.54.